The predicted octanol–water partition coefficient (Wildman–Crippen LogP) is -0.853. The van der Waals surface area contributed by atoms with Crippen LogP contribution < -0.4 is 22.3 Å². The number of rotatable bonds is 5. The Balaban J connectivity index is 2.26. The van der Waals surface area contributed by atoms with Crippen LogP contribution in [0.15, 0.2) is 30.3 Å². The van der Waals surface area contributed by atoms with Gasteiger partial charge in [0.1, 0.15) is 6.61 Å². The molecule has 3 amide bonds. The van der Waals surface area contributed by atoms with Gasteiger partial charge in [0, 0.05) is 0 Å². The number of primary amides is 1. The molecule has 0 aliphatic carbocycles. The lowest BCUT2D eigenvalue weighted by Gasteiger charge is -2.11. The monoisotopic (exact) mass is 280 g/mol. The second-order valence-electron chi connectivity index (χ2n) is 3.95. The van der Waals surface area contributed by atoms with Gasteiger partial charge in [0.2, 0.25) is 5.91 Å². The van der Waals surface area contributed by atoms with E-state index in [1.807, 2.05) is 16.9 Å². The average Bonchev–Trinajstić information content (AvgIpc) is 2.42. The molecule has 0 fully saturated rings. The van der Waals surface area contributed by atoms with Crippen molar-refractivity contribution in [1.82, 2.24) is 10.9 Å². The molecule has 0 bridgehead atoms. The summed E-state index contributed by atoms with van der Waals surface area (Å²) in [6.45, 7) is 0.0654. The topological polar surface area (TPSA) is 137 Å². The zero-order chi connectivity index (χ0) is 15.0. The van der Waals surface area contributed by atoms with Gasteiger partial charge < -0.3 is 16.2 Å². The number of nitrogens with two attached hydrogens (primary N) is 2. The fourth-order valence-electron chi connectivity index (χ4n) is 1.27. The van der Waals surface area contributed by atoms with Gasteiger partial charge in [-0.05, 0) is 5.56 Å². The largest absolute Gasteiger partial charge is 0.443 e. The van der Waals surface area contributed by atoms with E-state index in [4.69, 9.17) is 16.2 Å². The fourth-order valence-corrected chi connectivity index (χ4v) is 1.27. The molecule has 20 heavy (non-hydrogen) atoms. The summed E-state index contributed by atoms with van der Waals surface area (Å²) < 4.78 is 4.84. The summed E-state index contributed by atoms with van der Waals surface area (Å²) in [5, 5.41) is 0. The van der Waals surface area contributed by atoms with Gasteiger partial charge in [-0.3, -0.25) is 15.0 Å². The molecule has 6 N–H and O–H groups in total. The van der Waals surface area contributed by atoms with Crippen LogP contribution in [0, 0.1) is 0 Å². The molecule has 1 aromatic rings. The number of nitrogens with one attached hydrogen (secondary N) is 2. The molecule has 0 radical (unpaired) electrons. The lowest BCUT2D eigenvalue weighted by atomic mass is 10.2. The van der Waals surface area contributed by atoms with Gasteiger partial charge in [-0.15, -0.1) is 0 Å². The molecule has 0 aliphatic heterocycles. The smallest absolute Gasteiger partial charge is 0.426 e. The highest BCUT2D eigenvalue weighted by atomic mass is 16.6. The standard InChI is InChI=1S/C12H16N4O4/c13-9(6-10(14)17)11(18)15-16-12(19)20-7-8-4-2-1-3-5-8/h1-5,9H,6-7,13H2,(H2,14,17)(H,15,18)(H,16,19)/t9-/m0/s1. The molecule has 0 unspecified atom stereocenters. The summed E-state index contributed by atoms with van der Waals surface area (Å²) in [6, 6.07) is 7.90. The maximum absolute atomic E-state index is 11.3. The van der Waals surface area contributed by atoms with Crippen molar-refractivity contribution in [3.8, 4) is 0 Å². The van der Waals surface area contributed by atoms with Crippen molar-refractivity contribution in [1.29, 1.82) is 0 Å². The number of carbonyl (C=O) groups is 3. The second kappa shape index (κ2) is 7.74. The van der Waals surface area contributed by atoms with E-state index in [9.17, 15) is 14.4 Å². The molecule has 1 aromatic carbocycles. The van der Waals surface area contributed by atoms with Gasteiger partial charge >= 0.3 is 6.09 Å². The van der Waals surface area contributed by atoms with Crippen LogP contribution in [0.2, 0.25) is 0 Å². The van der Waals surface area contributed by atoms with Crippen LogP contribution in [-0.2, 0) is 20.9 Å². The quantitative estimate of drug-likeness (QED) is 0.520. The highest BCUT2D eigenvalue weighted by Crippen LogP contribution is 2.00. The molecule has 0 saturated heterocycles. The first-order valence-electron chi connectivity index (χ1n) is 5.79. The average molecular weight is 280 g/mol. The Morgan fingerprint density at radius 2 is 1.80 bits per heavy atom. The maximum Gasteiger partial charge on any atom is 0.426 e. The molecular formula is C12H16N4O4. The minimum atomic E-state index is -1.12. The van der Waals surface area contributed by atoms with Crippen molar-refractivity contribution in [2.24, 2.45) is 11.5 Å². The van der Waals surface area contributed by atoms with E-state index < -0.39 is 23.9 Å². The van der Waals surface area contributed by atoms with Crippen LogP contribution in [0.5, 0.6) is 0 Å². The van der Waals surface area contributed by atoms with Crippen molar-refractivity contribution in [2.45, 2.75) is 19.1 Å². The minimum absolute atomic E-state index is 0.0654. The van der Waals surface area contributed by atoms with E-state index in [1.54, 1.807) is 24.3 Å². The molecule has 1 atom stereocenters. The molecule has 0 heterocycles. The molecule has 108 valence electrons. The summed E-state index contributed by atoms with van der Waals surface area (Å²) in [6.07, 6.45) is -1.15. The van der Waals surface area contributed by atoms with Crippen LogP contribution in [0.4, 0.5) is 4.79 Å². The Labute approximate surface area is 115 Å². The first kappa shape index (κ1) is 15.4. The Kier molecular flexibility index (Phi) is 5.98. The Morgan fingerprint density at radius 1 is 1.15 bits per heavy atom. The van der Waals surface area contributed by atoms with Crippen LogP contribution in [0.1, 0.15) is 12.0 Å². The van der Waals surface area contributed by atoms with E-state index in [2.05, 4.69) is 0 Å². The van der Waals surface area contributed by atoms with E-state index in [1.165, 1.54) is 0 Å². The fraction of sp³-hybridized carbons (Fsp3) is 0.250. The zero-order valence-electron chi connectivity index (χ0n) is 10.7. The van der Waals surface area contributed by atoms with E-state index in [0.717, 1.165) is 5.56 Å². The third-order valence-corrected chi connectivity index (χ3v) is 2.26. The minimum Gasteiger partial charge on any atom is -0.443 e. The summed E-state index contributed by atoms with van der Waals surface area (Å²) in [5.41, 5.74) is 15.1. The normalized spacial score (nSPS) is 11.2. The number of benzene rings is 1. The highest BCUT2D eigenvalue weighted by Gasteiger charge is 2.16. The van der Waals surface area contributed by atoms with Crippen LogP contribution in [-0.4, -0.2) is 23.9 Å². The SMILES string of the molecule is NC(=O)C[C@H](N)C(=O)NNC(=O)OCc1ccccc1. The number of carbonyl (C=O) groups excluding carboxylic acids is 3. The Hall–Kier alpha value is -2.61. The lowest BCUT2D eigenvalue weighted by molar-refractivity contribution is -0.126. The third kappa shape index (κ3) is 5.83. The predicted molar refractivity (Wildman–Crippen MR) is 69.7 cm³/mol. The number of amides is 3. The number of ether oxygens (including phenoxy) is 1. The van der Waals surface area contributed by atoms with Gasteiger partial charge in [-0.1, -0.05) is 30.3 Å². The van der Waals surface area contributed by atoms with Gasteiger partial charge in [-0.25, -0.2) is 10.2 Å². The molecule has 0 spiro atoms. The van der Waals surface area contributed by atoms with Gasteiger partial charge in [0.25, 0.3) is 5.91 Å². The summed E-state index contributed by atoms with van der Waals surface area (Å²) in [4.78, 5) is 33.2. The first-order valence-corrected chi connectivity index (χ1v) is 5.79. The molecule has 8 nitrogen and oxygen atoms in total. The summed E-state index contributed by atoms with van der Waals surface area (Å²) in [7, 11) is 0. The van der Waals surface area contributed by atoms with Gasteiger partial charge in [0.05, 0.1) is 12.5 Å². The molecule has 1 rings (SSSR count). The number of hydrazine groups is 1. The van der Waals surface area contributed by atoms with Crippen molar-refractivity contribution in [3.63, 3.8) is 0 Å². The van der Waals surface area contributed by atoms with Crippen LogP contribution in [0.3, 0.4) is 0 Å². The molecule has 8 heteroatoms. The van der Waals surface area contributed by atoms with E-state index >= 15 is 0 Å². The van der Waals surface area contributed by atoms with E-state index in [0.29, 0.717) is 0 Å². The van der Waals surface area contributed by atoms with Gasteiger partial charge in [0.15, 0.2) is 0 Å². The first-order chi connectivity index (χ1) is 9.49. The summed E-state index contributed by atoms with van der Waals surface area (Å²) >= 11 is 0. The molecular weight excluding hydrogens is 264 g/mol. The molecule has 0 saturated carbocycles. The number of hydrogen-bond donors (Lipinski definition) is 4. The maximum atomic E-state index is 11.3. The van der Waals surface area contributed by atoms with Crippen molar-refractivity contribution in [2.75, 3.05) is 0 Å². The van der Waals surface area contributed by atoms with Crippen molar-refractivity contribution >= 4 is 17.9 Å². The van der Waals surface area contributed by atoms with Crippen LogP contribution in [0.25, 0.3) is 0 Å². The van der Waals surface area contributed by atoms with Crippen LogP contribution >= 0.6 is 0 Å². The Morgan fingerprint density at radius 3 is 2.40 bits per heavy atom. The highest BCUT2D eigenvalue weighted by molar-refractivity contribution is 5.88. The summed E-state index contributed by atoms with van der Waals surface area (Å²) in [5.74, 6) is -1.44. The third-order valence-electron chi connectivity index (χ3n) is 2.26. The Bertz CT molecular complexity index is 478. The van der Waals surface area contributed by atoms with Crippen molar-refractivity contribution in [3.05, 3.63) is 35.9 Å². The molecule has 0 aromatic heterocycles. The van der Waals surface area contributed by atoms with E-state index in [-0.39, 0.29) is 13.0 Å². The van der Waals surface area contributed by atoms with Gasteiger partial charge in [-0.2, -0.15) is 0 Å². The second-order valence-corrected chi connectivity index (χ2v) is 3.95. The lowest BCUT2D eigenvalue weighted by Crippen LogP contribution is -2.50. The zero-order valence-corrected chi connectivity index (χ0v) is 10.7. The number of hydrogen-bond acceptors (Lipinski definition) is 5. The molecule has 0 aliphatic rings. The van der Waals surface area contributed by atoms with Crippen molar-refractivity contribution < 1.29 is 19.1 Å².